The summed E-state index contributed by atoms with van der Waals surface area (Å²) in [7, 11) is -4.98. The van der Waals surface area contributed by atoms with Crippen LogP contribution in [0, 0.1) is 0 Å². The first-order chi connectivity index (χ1) is 5.17. The van der Waals surface area contributed by atoms with Crippen LogP contribution in [0.5, 0.6) is 0 Å². The normalized spacial score (nSPS) is 12.8. The van der Waals surface area contributed by atoms with Gasteiger partial charge in [0.1, 0.15) is 6.54 Å². The summed E-state index contributed by atoms with van der Waals surface area (Å²) >= 11 is 0. The van der Waals surface area contributed by atoms with E-state index < -0.39 is 29.6 Å². The predicted molar refractivity (Wildman–Crippen MR) is 33.0 cm³/mol. The molecule has 0 aromatic heterocycles. The Labute approximate surface area is 117 Å². The Morgan fingerprint density at radius 1 is 1.38 bits per heavy atom. The summed E-state index contributed by atoms with van der Waals surface area (Å²) in [6.45, 7) is -1.05. The fourth-order valence-corrected chi connectivity index (χ4v) is 1.17. The number of halogens is 3. The summed E-state index contributed by atoms with van der Waals surface area (Å²) in [6, 6.07) is 0. The van der Waals surface area contributed by atoms with E-state index in [0.717, 1.165) is 6.92 Å². The van der Waals surface area contributed by atoms with Gasteiger partial charge < -0.3 is 4.55 Å². The molecule has 0 aromatic rings. The van der Waals surface area contributed by atoms with E-state index >= 15 is 0 Å². The zero-order valence-corrected chi connectivity index (χ0v) is 11.1. The van der Waals surface area contributed by atoms with Gasteiger partial charge in [-0.2, -0.15) is 13.2 Å². The van der Waals surface area contributed by atoms with E-state index in [2.05, 4.69) is 0 Å². The van der Waals surface area contributed by atoms with Gasteiger partial charge in [0, 0.05) is 6.54 Å². The molecule has 0 heterocycles. The number of alkyl halides is 3. The smallest absolute Gasteiger partial charge is 0.735 e. The Balaban J connectivity index is 0. The molecule has 0 saturated carbocycles. The van der Waals surface area contributed by atoms with Gasteiger partial charge in [0.15, 0.2) is 10.3 Å². The van der Waals surface area contributed by atoms with Gasteiger partial charge in [-0.25, -0.2) is 12.7 Å². The van der Waals surface area contributed by atoms with E-state index in [0.29, 0.717) is 0 Å². The van der Waals surface area contributed by atoms with E-state index in [9.17, 15) is 26.1 Å². The fourth-order valence-electron chi connectivity index (χ4n) is 0.549. The van der Waals surface area contributed by atoms with Crippen LogP contribution in [0.2, 0.25) is 0 Å². The molecular formula is C4H7F3KNO3S. The van der Waals surface area contributed by atoms with Crippen molar-refractivity contribution in [3.05, 3.63) is 0 Å². The van der Waals surface area contributed by atoms with Crippen LogP contribution in [0.25, 0.3) is 0 Å². The van der Waals surface area contributed by atoms with Gasteiger partial charge in [0.05, 0.1) is 0 Å². The second kappa shape index (κ2) is 6.01. The maximum absolute atomic E-state index is 11.6. The topological polar surface area (TPSA) is 60.4 Å². The fraction of sp³-hybridized carbons (Fsp3) is 1.00. The Morgan fingerprint density at radius 3 is 1.85 bits per heavy atom. The molecule has 0 N–H and O–H groups in total. The van der Waals surface area contributed by atoms with E-state index in [1.165, 1.54) is 0 Å². The summed E-state index contributed by atoms with van der Waals surface area (Å²) in [5, 5.41) is 0. The summed E-state index contributed by atoms with van der Waals surface area (Å²) in [5.74, 6) is 0. The van der Waals surface area contributed by atoms with Crippen LogP contribution in [0.15, 0.2) is 0 Å². The van der Waals surface area contributed by atoms with E-state index in [4.69, 9.17) is 0 Å². The average molecular weight is 245 g/mol. The molecule has 9 heteroatoms. The minimum atomic E-state index is -4.98. The molecular weight excluding hydrogens is 238 g/mol. The van der Waals surface area contributed by atoms with Crippen molar-refractivity contribution < 1.29 is 77.5 Å². The Bertz CT molecular complexity index is 240. The molecule has 0 aromatic carbocycles. The molecule has 0 spiro atoms. The van der Waals surface area contributed by atoms with Crippen molar-refractivity contribution in [1.82, 2.24) is 4.31 Å². The van der Waals surface area contributed by atoms with Crippen molar-refractivity contribution in [2.75, 3.05) is 13.1 Å². The number of nitrogens with zero attached hydrogens (tertiary/aromatic N) is 1. The molecule has 74 valence electrons. The number of rotatable bonds is 3. The van der Waals surface area contributed by atoms with Crippen molar-refractivity contribution in [3.63, 3.8) is 0 Å². The minimum Gasteiger partial charge on any atom is -0.735 e. The van der Waals surface area contributed by atoms with Crippen LogP contribution in [0.3, 0.4) is 0 Å². The van der Waals surface area contributed by atoms with Gasteiger partial charge in [-0.15, -0.1) is 0 Å². The molecule has 0 rings (SSSR count). The standard InChI is InChI=1S/C4H8F3NO3S.K/c1-2-8(12(9,10)11)3-4(5,6)7;/h2-3H2,1H3,(H,9,10,11);/q;+1/p-1. The maximum atomic E-state index is 11.6. The average Bonchev–Trinajstić information content (AvgIpc) is 1.78. The van der Waals surface area contributed by atoms with Crippen LogP contribution in [0.1, 0.15) is 6.92 Å². The van der Waals surface area contributed by atoms with Gasteiger partial charge in [0.25, 0.3) is 0 Å². The third-order valence-corrected chi connectivity index (χ3v) is 2.04. The molecule has 0 aliphatic rings. The molecule has 0 aliphatic carbocycles. The first kappa shape index (κ1) is 16.7. The van der Waals surface area contributed by atoms with E-state index in [-0.39, 0.29) is 55.7 Å². The van der Waals surface area contributed by atoms with Crippen molar-refractivity contribution in [1.29, 1.82) is 0 Å². The van der Waals surface area contributed by atoms with Crippen molar-refractivity contribution in [2.24, 2.45) is 0 Å². The molecule has 0 unspecified atom stereocenters. The first-order valence-corrected chi connectivity index (χ1v) is 4.31. The van der Waals surface area contributed by atoms with E-state index in [1.54, 1.807) is 0 Å². The maximum Gasteiger partial charge on any atom is 1.00 e. The second-order valence-corrected chi connectivity index (χ2v) is 3.37. The minimum absolute atomic E-state index is 0. The quantitative estimate of drug-likeness (QED) is 0.402. The van der Waals surface area contributed by atoms with Crippen molar-refractivity contribution in [3.8, 4) is 0 Å². The van der Waals surface area contributed by atoms with Crippen LogP contribution >= 0.6 is 0 Å². The molecule has 4 nitrogen and oxygen atoms in total. The molecule has 0 saturated heterocycles. The second-order valence-electron chi connectivity index (χ2n) is 2.00. The zero-order valence-electron chi connectivity index (χ0n) is 7.13. The molecule has 0 bridgehead atoms. The zero-order chi connectivity index (χ0) is 9.99. The molecule has 13 heavy (non-hydrogen) atoms. The van der Waals surface area contributed by atoms with Gasteiger partial charge in [-0.3, -0.25) is 0 Å². The summed E-state index contributed by atoms with van der Waals surface area (Å²) < 4.78 is 64.9. The third-order valence-electron chi connectivity index (χ3n) is 1.02. The van der Waals surface area contributed by atoms with Gasteiger partial charge in [-0.05, 0) is 0 Å². The Kier molecular flexibility index (Phi) is 7.72. The van der Waals surface area contributed by atoms with Crippen molar-refractivity contribution >= 4 is 10.3 Å². The summed E-state index contributed by atoms with van der Waals surface area (Å²) in [6.07, 6.45) is -4.67. The monoisotopic (exact) mass is 245 g/mol. The van der Waals surface area contributed by atoms with Crippen LogP contribution in [0.4, 0.5) is 13.2 Å². The third kappa shape index (κ3) is 8.30. The van der Waals surface area contributed by atoms with Gasteiger partial charge in [-0.1, -0.05) is 6.92 Å². The molecule has 0 aliphatic heterocycles. The Hall–Kier alpha value is 1.30. The largest absolute Gasteiger partial charge is 1.00 e. The summed E-state index contributed by atoms with van der Waals surface area (Å²) in [4.78, 5) is 0. The predicted octanol–water partition coefficient (Wildman–Crippen LogP) is -2.67. The number of hydrogen-bond acceptors (Lipinski definition) is 3. The number of hydrogen-bond donors (Lipinski definition) is 0. The molecule has 0 amide bonds. The SMILES string of the molecule is CCN(CC(F)(F)F)S(=O)(=O)[O-].[K+]. The first-order valence-electron chi connectivity index (χ1n) is 2.94. The Morgan fingerprint density at radius 2 is 1.77 bits per heavy atom. The van der Waals surface area contributed by atoms with Crippen LogP contribution in [-0.2, 0) is 10.3 Å². The van der Waals surface area contributed by atoms with Gasteiger partial charge >= 0.3 is 57.6 Å². The molecule has 0 radical (unpaired) electrons. The van der Waals surface area contributed by atoms with Crippen LogP contribution in [-0.4, -0.2) is 36.5 Å². The van der Waals surface area contributed by atoms with Crippen LogP contribution < -0.4 is 51.4 Å². The van der Waals surface area contributed by atoms with Gasteiger partial charge in [0.2, 0.25) is 0 Å². The van der Waals surface area contributed by atoms with Crippen molar-refractivity contribution in [2.45, 2.75) is 13.1 Å². The van der Waals surface area contributed by atoms with E-state index in [1.807, 2.05) is 0 Å². The molecule has 0 fully saturated rings. The summed E-state index contributed by atoms with van der Waals surface area (Å²) in [5.41, 5.74) is 0. The molecule has 0 atom stereocenters.